The topological polar surface area (TPSA) is 105 Å². The molecule has 0 spiro atoms. The number of carbonyl (C=O) groups is 1. The van der Waals surface area contributed by atoms with Gasteiger partial charge >= 0.3 is 6.03 Å². The van der Waals surface area contributed by atoms with E-state index in [1.54, 1.807) is 19.9 Å². The molecule has 0 aromatic heterocycles. The van der Waals surface area contributed by atoms with Crippen LogP contribution in [0.3, 0.4) is 0 Å². The van der Waals surface area contributed by atoms with E-state index in [-0.39, 0.29) is 17.8 Å². The fraction of sp³-hybridized carbons (Fsp3) is 0.611. The molecule has 25 heavy (non-hydrogen) atoms. The van der Waals surface area contributed by atoms with E-state index in [0.717, 1.165) is 37.7 Å². The number of hydrogen-bond donors (Lipinski definition) is 3. The summed E-state index contributed by atoms with van der Waals surface area (Å²) in [7, 11) is 0. The molecule has 7 nitrogen and oxygen atoms in total. The van der Waals surface area contributed by atoms with Crippen LogP contribution in [0.4, 0.5) is 16.2 Å². The van der Waals surface area contributed by atoms with Gasteiger partial charge in [0.1, 0.15) is 0 Å². The quantitative estimate of drug-likeness (QED) is 0.414. The zero-order valence-corrected chi connectivity index (χ0v) is 14.9. The average Bonchev–Trinajstić information content (AvgIpc) is 2.56. The van der Waals surface area contributed by atoms with Crippen molar-refractivity contribution >= 4 is 17.4 Å². The molecule has 3 N–H and O–H groups in total. The van der Waals surface area contributed by atoms with Crippen molar-refractivity contribution < 1.29 is 14.8 Å². The largest absolute Gasteiger partial charge is 0.393 e. The third-order valence-electron chi connectivity index (χ3n) is 4.99. The zero-order valence-electron chi connectivity index (χ0n) is 14.9. The predicted octanol–water partition coefficient (Wildman–Crippen LogP) is 3.66. The molecule has 2 unspecified atom stereocenters. The Hall–Kier alpha value is -2.15. The summed E-state index contributed by atoms with van der Waals surface area (Å²) in [6.07, 6.45) is 5.70. The summed E-state index contributed by atoms with van der Waals surface area (Å²) in [6.45, 7) is 3.95. The Morgan fingerprint density at radius 2 is 2.04 bits per heavy atom. The predicted molar refractivity (Wildman–Crippen MR) is 96.8 cm³/mol. The molecule has 0 aliphatic heterocycles. The van der Waals surface area contributed by atoms with Gasteiger partial charge in [-0.15, -0.1) is 0 Å². The van der Waals surface area contributed by atoms with Crippen molar-refractivity contribution in [1.82, 2.24) is 5.32 Å². The van der Waals surface area contributed by atoms with Crippen molar-refractivity contribution in [2.24, 2.45) is 5.92 Å². The second-order valence-corrected chi connectivity index (χ2v) is 6.79. The first-order valence-electron chi connectivity index (χ1n) is 8.87. The van der Waals surface area contributed by atoms with Crippen molar-refractivity contribution in [1.29, 1.82) is 0 Å². The molecule has 1 aromatic rings. The second-order valence-electron chi connectivity index (χ2n) is 6.79. The molecule has 0 heterocycles. The highest BCUT2D eigenvalue weighted by atomic mass is 16.6. The first kappa shape index (κ1) is 19.2. The summed E-state index contributed by atoms with van der Waals surface area (Å²) in [4.78, 5) is 22.6. The van der Waals surface area contributed by atoms with Crippen LogP contribution < -0.4 is 10.6 Å². The molecular weight excluding hydrogens is 322 g/mol. The Morgan fingerprint density at radius 1 is 1.32 bits per heavy atom. The molecule has 0 radical (unpaired) electrons. The molecular formula is C18H27N3O4. The molecule has 1 aliphatic rings. The lowest BCUT2D eigenvalue weighted by Gasteiger charge is -2.27. The summed E-state index contributed by atoms with van der Waals surface area (Å²) in [5.74, 6) is 0.333. The lowest BCUT2D eigenvalue weighted by atomic mass is 9.83. The Bertz CT molecular complexity index is 633. The zero-order chi connectivity index (χ0) is 18.4. The smallest absolute Gasteiger partial charge is 0.319 e. The monoisotopic (exact) mass is 349 g/mol. The summed E-state index contributed by atoms with van der Waals surface area (Å²) >= 11 is 0. The summed E-state index contributed by atoms with van der Waals surface area (Å²) < 4.78 is 0. The van der Waals surface area contributed by atoms with E-state index in [1.165, 1.54) is 12.5 Å². The van der Waals surface area contributed by atoms with Crippen LogP contribution in [0.15, 0.2) is 12.1 Å². The highest BCUT2D eigenvalue weighted by Gasteiger charge is 2.22. The van der Waals surface area contributed by atoms with Crippen LogP contribution >= 0.6 is 0 Å². The Labute approximate surface area is 148 Å². The Morgan fingerprint density at radius 3 is 2.72 bits per heavy atom. The van der Waals surface area contributed by atoms with Crippen molar-refractivity contribution in [3.63, 3.8) is 0 Å². The van der Waals surface area contributed by atoms with E-state index in [0.29, 0.717) is 23.7 Å². The molecule has 1 aliphatic carbocycles. The summed E-state index contributed by atoms with van der Waals surface area (Å²) in [6, 6.07) is 2.71. The molecule has 0 bridgehead atoms. The maximum Gasteiger partial charge on any atom is 0.319 e. The summed E-state index contributed by atoms with van der Waals surface area (Å²) in [5.41, 5.74) is 1.70. The van der Waals surface area contributed by atoms with Gasteiger partial charge in [-0.3, -0.25) is 10.1 Å². The third-order valence-corrected chi connectivity index (χ3v) is 4.99. The van der Waals surface area contributed by atoms with Gasteiger partial charge < -0.3 is 15.7 Å². The third kappa shape index (κ3) is 5.16. The molecule has 138 valence electrons. The Kier molecular flexibility index (Phi) is 6.75. The van der Waals surface area contributed by atoms with E-state index in [9.17, 15) is 20.0 Å². The molecule has 1 saturated carbocycles. The van der Waals surface area contributed by atoms with E-state index in [1.807, 2.05) is 0 Å². The number of aliphatic hydroxyl groups excluding tert-OH is 1. The first-order chi connectivity index (χ1) is 11.9. The van der Waals surface area contributed by atoms with Crippen LogP contribution in [-0.2, 0) is 0 Å². The van der Waals surface area contributed by atoms with Gasteiger partial charge in [0.05, 0.1) is 22.3 Å². The maximum absolute atomic E-state index is 12.1. The van der Waals surface area contributed by atoms with Gasteiger partial charge in [-0.05, 0) is 51.0 Å². The number of aryl methyl sites for hydroxylation is 1. The van der Waals surface area contributed by atoms with E-state index >= 15 is 0 Å². The van der Waals surface area contributed by atoms with Gasteiger partial charge in [0.25, 0.3) is 5.69 Å². The maximum atomic E-state index is 12.1. The van der Waals surface area contributed by atoms with Crippen molar-refractivity contribution in [3.05, 3.63) is 33.4 Å². The minimum atomic E-state index is -0.451. The molecule has 2 atom stereocenters. The van der Waals surface area contributed by atoms with Crippen LogP contribution in [0, 0.1) is 29.9 Å². The van der Waals surface area contributed by atoms with E-state index in [4.69, 9.17) is 0 Å². The minimum Gasteiger partial charge on any atom is -0.393 e. The van der Waals surface area contributed by atoms with Crippen LogP contribution in [0.1, 0.15) is 49.7 Å². The van der Waals surface area contributed by atoms with Gasteiger partial charge in [0.2, 0.25) is 0 Å². The minimum absolute atomic E-state index is 0.00724. The number of nitrogens with zero attached hydrogens (tertiary/aromatic N) is 1. The number of carbonyl (C=O) groups excluding carboxylic acids is 1. The van der Waals surface area contributed by atoms with E-state index in [2.05, 4.69) is 10.6 Å². The number of nitro benzene ring substituents is 1. The van der Waals surface area contributed by atoms with Crippen molar-refractivity contribution in [3.8, 4) is 0 Å². The number of nitro groups is 1. The van der Waals surface area contributed by atoms with Crippen LogP contribution in [-0.4, -0.2) is 28.7 Å². The number of aliphatic hydroxyl groups is 1. The fourth-order valence-electron chi connectivity index (χ4n) is 3.47. The molecule has 2 amide bonds. The number of nitrogens with one attached hydrogen (secondary N) is 2. The lowest BCUT2D eigenvalue weighted by Crippen LogP contribution is -2.31. The van der Waals surface area contributed by atoms with Gasteiger partial charge in [0.15, 0.2) is 0 Å². The summed E-state index contributed by atoms with van der Waals surface area (Å²) in [5, 5.41) is 26.5. The molecule has 7 heteroatoms. The average molecular weight is 349 g/mol. The fourth-order valence-corrected chi connectivity index (χ4v) is 3.47. The van der Waals surface area contributed by atoms with Gasteiger partial charge in [-0.25, -0.2) is 4.79 Å². The van der Waals surface area contributed by atoms with Crippen LogP contribution in [0.2, 0.25) is 0 Å². The normalized spacial score (nSPS) is 20.1. The SMILES string of the molecule is Cc1ccc([N+](=O)[O-])c(C)c1NC(=O)NCCCC1CCCCC1O. The molecule has 2 rings (SSSR count). The Balaban J connectivity index is 1.82. The standard InChI is InChI=1S/C18H27N3O4/c1-12-9-10-15(21(24)25)13(2)17(12)20-18(23)19-11-5-7-14-6-3-4-8-16(14)22/h9-10,14,16,22H,3-8,11H2,1-2H3,(H2,19,20,23). The van der Waals surface area contributed by atoms with Crippen molar-refractivity contribution in [2.45, 2.75) is 58.5 Å². The number of hydrogen-bond acceptors (Lipinski definition) is 4. The van der Waals surface area contributed by atoms with Gasteiger partial charge in [-0.2, -0.15) is 0 Å². The molecule has 1 aromatic carbocycles. The number of amides is 2. The number of anilines is 1. The van der Waals surface area contributed by atoms with Crippen LogP contribution in [0.5, 0.6) is 0 Å². The number of rotatable bonds is 6. The molecule has 1 fully saturated rings. The highest BCUT2D eigenvalue weighted by Crippen LogP contribution is 2.29. The second kappa shape index (κ2) is 8.80. The van der Waals surface area contributed by atoms with Crippen molar-refractivity contribution in [2.75, 3.05) is 11.9 Å². The molecule has 0 saturated heterocycles. The highest BCUT2D eigenvalue weighted by molar-refractivity contribution is 5.91. The lowest BCUT2D eigenvalue weighted by molar-refractivity contribution is -0.385. The number of benzene rings is 1. The van der Waals surface area contributed by atoms with E-state index < -0.39 is 4.92 Å². The van der Waals surface area contributed by atoms with Gasteiger partial charge in [-0.1, -0.05) is 18.9 Å². The van der Waals surface area contributed by atoms with Gasteiger partial charge in [0, 0.05) is 12.6 Å². The first-order valence-corrected chi connectivity index (χ1v) is 8.87. The number of urea groups is 1. The van der Waals surface area contributed by atoms with Crippen LogP contribution in [0.25, 0.3) is 0 Å².